The molecule has 0 bridgehead atoms. The predicted octanol–water partition coefficient (Wildman–Crippen LogP) is 2.66. The first-order valence-corrected chi connectivity index (χ1v) is 10.6. The van der Waals surface area contributed by atoms with Gasteiger partial charge < -0.3 is 4.90 Å². The number of rotatable bonds is 4. The quantitative estimate of drug-likeness (QED) is 0.779. The number of carbonyl (C=O) groups excluding carboxylic acids is 1. The first-order chi connectivity index (χ1) is 10.6. The normalized spacial score (nSPS) is 19.8. The fraction of sp³-hybridized carbons (Fsp3) is 0.588. The topological polar surface area (TPSA) is 54.5 Å². The van der Waals surface area contributed by atoms with Crippen LogP contribution in [0.15, 0.2) is 11.0 Å². The van der Waals surface area contributed by atoms with Crippen LogP contribution in [0.4, 0.5) is 0 Å². The van der Waals surface area contributed by atoms with E-state index in [-0.39, 0.29) is 23.5 Å². The van der Waals surface area contributed by atoms with Crippen molar-refractivity contribution in [3.63, 3.8) is 0 Å². The van der Waals surface area contributed by atoms with Gasteiger partial charge in [-0.2, -0.15) is 0 Å². The van der Waals surface area contributed by atoms with Crippen molar-refractivity contribution in [2.45, 2.75) is 45.1 Å². The Hall–Kier alpha value is -1.01. The van der Waals surface area contributed by atoms with Gasteiger partial charge in [0.15, 0.2) is 9.84 Å². The number of nitrogens with zero attached hydrogens (tertiary/aromatic N) is 1. The molecule has 1 fully saturated rings. The van der Waals surface area contributed by atoms with E-state index in [4.69, 9.17) is 0 Å². The van der Waals surface area contributed by atoms with Crippen LogP contribution in [0.5, 0.6) is 0 Å². The summed E-state index contributed by atoms with van der Waals surface area (Å²) in [5, 5.41) is 0. The van der Waals surface area contributed by atoms with Crippen molar-refractivity contribution in [2.24, 2.45) is 0 Å². The third kappa shape index (κ3) is 4.10. The molecule has 1 aliphatic heterocycles. The van der Waals surface area contributed by atoms with E-state index in [9.17, 15) is 13.2 Å². The number of amides is 1. The molecule has 0 saturated carbocycles. The molecule has 0 aliphatic carbocycles. The van der Waals surface area contributed by atoms with E-state index >= 15 is 0 Å². The van der Waals surface area contributed by atoms with Crippen LogP contribution in [-0.2, 0) is 14.6 Å². The molecular formula is C17H25NO3S2. The van der Waals surface area contributed by atoms with Gasteiger partial charge in [-0.1, -0.05) is 6.07 Å². The summed E-state index contributed by atoms with van der Waals surface area (Å²) < 4.78 is 23.1. The Morgan fingerprint density at radius 3 is 2.26 bits per heavy atom. The summed E-state index contributed by atoms with van der Waals surface area (Å²) in [6.07, 6.45) is 0.552. The molecule has 1 heterocycles. The smallest absolute Gasteiger partial charge is 0.232 e. The van der Waals surface area contributed by atoms with E-state index in [1.54, 1.807) is 23.7 Å². The van der Waals surface area contributed by atoms with Crippen molar-refractivity contribution in [3.8, 4) is 0 Å². The Labute approximate surface area is 143 Å². The summed E-state index contributed by atoms with van der Waals surface area (Å²) in [6, 6.07) is 2.00. The van der Waals surface area contributed by atoms with Crippen LogP contribution in [0, 0.1) is 27.7 Å². The fourth-order valence-electron chi connectivity index (χ4n) is 2.92. The largest absolute Gasteiger partial charge is 0.341 e. The van der Waals surface area contributed by atoms with Gasteiger partial charge in [-0.15, -0.1) is 11.8 Å². The van der Waals surface area contributed by atoms with Crippen molar-refractivity contribution < 1.29 is 13.2 Å². The summed E-state index contributed by atoms with van der Waals surface area (Å²) in [5.41, 5.74) is 4.91. The van der Waals surface area contributed by atoms with Crippen molar-refractivity contribution in [2.75, 3.05) is 24.3 Å². The minimum atomic E-state index is -2.97. The summed E-state index contributed by atoms with van der Waals surface area (Å²) in [4.78, 5) is 15.2. The van der Waals surface area contributed by atoms with Gasteiger partial charge in [0.1, 0.15) is 0 Å². The van der Waals surface area contributed by atoms with Crippen LogP contribution in [0.3, 0.4) is 0 Å². The van der Waals surface area contributed by atoms with Gasteiger partial charge in [0.2, 0.25) is 5.91 Å². The lowest BCUT2D eigenvalue weighted by molar-refractivity contribution is -0.128. The Morgan fingerprint density at radius 2 is 1.78 bits per heavy atom. The summed E-state index contributed by atoms with van der Waals surface area (Å²) in [6.45, 7) is 8.34. The lowest BCUT2D eigenvalue weighted by Crippen LogP contribution is -2.38. The van der Waals surface area contributed by atoms with Gasteiger partial charge in [-0.25, -0.2) is 8.42 Å². The number of hydrogen-bond acceptors (Lipinski definition) is 4. The van der Waals surface area contributed by atoms with Crippen molar-refractivity contribution in [1.82, 2.24) is 4.90 Å². The van der Waals surface area contributed by atoms with Gasteiger partial charge in [0.05, 0.1) is 17.3 Å². The van der Waals surface area contributed by atoms with Crippen LogP contribution in [0.2, 0.25) is 0 Å². The lowest BCUT2D eigenvalue weighted by atomic mass is 10.0. The van der Waals surface area contributed by atoms with Crippen molar-refractivity contribution in [1.29, 1.82) is 0 Å². The molecule has 6 heteroatoms. The molecule has 1 aromatic rings. The Bertz CT molecular complexity index is 700. The second-order valence-electron chi connectivity index (χ2n) is 6.44. The molecule has 1 aromatic carbocycles. The number of hydrogen-bond donors (Lipinski definition) is 0. The molecule has 4 nitrogen and oxygen atoms in total. The van der Waals surface area contributed by atoms with E-state index in [1.165, 1.54) is 27.1 Å². The third-order valence-electron chi connectivity index (χ3n) is 4.79. The highest BCUT2D eigenvalue weighted by Gasteiger charge is 2.32. The van der Waals surface area contributed by atoms with Crippen molar-refractivity contribution in [3.05, 3.63) is 28.3 Å². The second kappa shape index (κ2) is 6.85. The maximum atomic E-state index is 12.4. The van der Waals surface area contributed by atoms with Crippen LogP contribution in [0.1, 0.15) is 28.7 Å². The standard InChI is InChI=1S/C17H25NO3S2/c1-11-8-12(2)14(4)17(13(11)3)22-9-16(19)18(5)15-6-7-23(20,21)10-15/h8,15H,6-7,9-10H2,1-5H3/t15-/m0/s1. The van der Waals surface area contributed by atoms with Gasteiger partial charge >= 0.3 is 0 Å². The summed E-state index contributed by atoms with van der Waals surface area (Å²) >= 11 is 1.56. The number of aryl methyl sites for hydroxylation is 2. The van der Waals surface area contributed by atoms with Gasteiger partial charge in [-0.3, -0.25) is 4.79 Å². The van der Waals surface area contributed by atoms with Crippen LogP contribution in [-0.4, -0.2) is 49.6 Å². The summed E-state index contributed by atoms with van der Waals surface area (Å²) in [5.74, 6) is 0.631. The number of benzene rings is 1. The van der Waals surface area contributed by atoms with Gasteiger partial charge in [-0.05, 0) is 56.4 Å². The maximum Gasteiger partial charge on any atom is 0.232 e. The molecule has 23 heavy (non-hydrogen) atoms. The lowest BCUT2D eigenvalue weighted by Gasteiger charge is -2.23. The zero-order valence-corrected chi connectivity index (χ0v) is 16.1. The Kier molecular flexibility index (Phi) is 5.46. The Morgan fingerprint density at radius 1 is 1.22 bits per heavy atom. The van der Waals surface area contributed by atoms with E-state index < -0.39 is 9.84 Å². The highest BCUT2D eigenvalue weighted by Crippen LogP contribution is 2.31. The molecule has 0 radical (unpaired) electrons. The molecule has 128 valence electrons. The molecule has 2 rings (SSSR count). The molecular weight excluding hydrogens is 330 g/mol. The average molecular weight is 356 g/mol. The van der Waals surface area contributed by atoms with Gasteiger partial charge in [0, 0.05) is 18.0 Å². The maximum absolute atomic E-state index is 12.4. The number of thioether (sulfide) groups is 1. The fourth-order valence-corrected chi connectivity index (χ4v) is 5.92. The van der Waals surface area contributed by atoms with Crippen LogP contribution >= 0.6 is 11.8 Å². The molecule has 0 spiro atoms. The number of carbonyl (C=O) groups is 1. The average Bonchev–Trinajstić information content (AvgIpc) is 2.84. The zero-order valence-electron chi connectivity index (χ0n) is 14.5. The predicted molar refractivity (Wildman–Crippen MR) is 95.9 cm³/mol. The molecule has 0 unspecified atom stereocenters. The Balaban J connectivity index is 2.05. The first-order valence-electron chi connectivity index (χ1n) is 7.78. The van der Waals surface area contributed by atoms with Crippen LogP contribution < -0.4 is 0 Å². The van der Waals surface area contributed by atoms with E-state index in [0.29, 0.717) is 12.2 Å². The third-order valence-corrected chi connectivity index (χ3v) is 7.83. The van der Waals surface area contributed by atoms with E-state index in [2.05, 4.69) is 33.8 Å². The molecule has 1 saturated heterocycles. The molecule has 1 amide bonds. The second-order valence-corrected chi connectivity index (χ2v) is 9.65. The van der Waals surface area contributed by atoms with Crippen LogP contribution in [0.25, 0.3) is 0 Å². The number of sulfone groups is 1. The minimum absolute atomic E-state index is 0.00457. The van der Waals surface area contributed by atoms with E-state index in [1.807, 2.05) is 0 Å². The first kappa shape index (κ1) is 18.3. The molecule has 0 aromatic heterocycles. The molecule has 0 N–H and O–H groups in total. The van der Waals surface area contributed by atoms with Gasteiger partial charge in [0.25, 0.3) is 0 Å². The molecule has 1 atom stereocenters. The monoisotopic (exact) mass is 355 g/mol. The highest BCUT2D eigenvalue weighted by atomic mass is 32.2. The van der Waals surface area contributed by atoms with Crippen molar-refractivity contribution >= 4 is 27.5 Å². The highest BCUT2D eigenvalue weighted by molar-refractivity contribution is 8.00. The minimum Gasteiger partial charge on any atom is -0.341 e. The van der Waals surface area contributed by atoms with E-state index in [0.717, 1.165) is 0 Å². The SMILES string of the molecule is Cc1cc(C)c(C)c(SCC(=O)N(C)[C@H]2CCS(=O)(=O)C2)c1C. The summed E-state index contributed by atoms with van der Waals surface area (Å²) in [7, 11) is -1.25. The zero-order chi connectivity index (χ0) is 17.4. The molecule has 1 aliphatic rings.